The molecule has 34 heavy (non-hydrogen) atoms. The lowest BCUT2D eigenvalue weighted by Gasteiger charge is -2.36. The molecule has 10 heteroatoms. The van der Waals surface area contributed by atoms with Gasteiger partial charge in [0.25, 0.3) is 0 Å². The van der Waals surface area contributed by atoms with Crippen LogP contribution in [0.4, 0.5) is 23.0 Å². The third-order valence-electron chi connectivity index (χ3n) is 5.84. The standard InChI is InChI=1S/C24H28N6O4/c1-33-20-9-8-18(16-21(20)34-2)10-11-25-23-22(30(31)32)24(27-17-26-23)29-14-12-28(13-15-29)19-6-4-3-5-7-19/h3-9,16-17H,10-15H2,1-2H3,(H,25,26,27). The number of ether oxygens (including phenoxy) is 2. The number of nitro groups is 1. The van der Waals surface area contributed by atoms with E-state index in [1.165, 1.54) is 6.33 Å². The molecule has 0 saturated carbocycles. The Morgan fingerprint density at radius 3 is 2.35 bits per heavy atom. The molecular formula is C24H28N6O4. The maximum absolute atomic E-state index is 12.0. The number of hydrogen-bond acceptors (Lipinski definition) is 9. The van der Waals surface area contributed by atoms with Gasteiger partial charge in [0.1, 0.15) is 6.33 Å². The normalized spacial score (nSPS) is 13.5. The highest BCUT2D eigenvalue weighted by molar-refractivity contribution is 5.70. The molecule has 0 spiro atoms. The molecule has 0 amide bonds. The molecule has 1 aliphatic heterocycles. The number of methoxy groups -OCH3 is 2. The number of piperazine rings is 1. The Hall–Kier alpha value is -4.08. The summed E-state index contributed by atoms with van der Waals surface area (Å²) < 4.78 is 10.6. The summed E-state index contributed by atoms with van der Waals surface area (Å²) in [5.41, 5.74) is 2.07. The Bertz CT molecular complexity index is 1120. The molecule has 1 aliphatic rings. The number of benzene rings is 2. The molecule has 2 aromatic carbocycles. The number of rotatable bonds is 9. The molecule has 0 atom stereocenters. The second-order valence-corrected chi connectivity index (χ2v) is 7.83. The number of nitrogens with one attached hydrogen (secondary N) is 1. The van der Waals surface area contributed by atoms with Crippen molar-refractivity contribution >= 4 is 23.0 Å². The Morgan fingerprint density at radius 2 is 1.68 bits per heavy atom. The van der Waals surface area contributed by atoms with Crippen molar-refractivity contribution in [1.29, 1.82) is 0 Å². The van der Waals surface area contributed by atoms with Crippen LogP contribution in [0.15, 0.2) is 54.9 Å². The lowest BCUT2D eigenvalue weighted by atomic mass is 10.1. The Labute approximate surface area is 198 Å². The van der Waals surface area contributed by atoms with E-state index < -0.39 is 4.92 Å². The molecule has 0 radical (unpaired) electrons. The van der Waals surface area contributed by atoms with Gasteiger partial charge in [-0.15, -0.1) is 0 Å². The van der Waals surface area contributed by atoms with Gasteiger partial charge in [-0.05, 0) is 36.2 Å². The van der Waals surface area contributed by atoms with Gasteiger partial charge < -0.3 is 24.6 Å². The van der Waals surface area contributed by atoms with E-state index in [4.69, 9.17) is 9.47 Å². The zero-order valence-corrected chi connectivity index (χ0v) is 19.3. The van der Waals surface area contributed by atoms with Crippen molar-refractivity contribution < 1.29 is 14.4 Å². The van der Waals surface area contributed by atoms with Crippen LogP contribution in [0.25, 0.3) is 0 Å². The lowest BCUT2D eigenvalue weighted by Crippen LogP contribution is -2.47. The van der Waals surface area contributed by atoms with Crippen molar-refractivity contribution in [2.45, 2.75) is 6.42 Å². The van der Waals surface area contributed by atoms with E-state index in [1.54, 1.807) is 14.2 Å². The second kappa shape index (κ2) is 10.7. The third-order valence-corrected chi connectivity index (χ3v) is 5.84. The van der Waals surface area contributed by atoms with Crippen LogP contribution < -0.4 is 24.6 Å². The first kappa shape index (κ1) is 23.1. The molecule has 3 aromatic rings. The zero-order chi connectivity index (χ0) is 23.9. The smallest absolute Gasteiger partial charge is 0.353 e. The molecular weight excluding hydrogens is 436 g/mol. The molecule has 1 saturated heterocycles. The van der Waals surface area contributed by atoms with Gasteiger partial charge in [0.05, 0.1) is 19.1 Å². The first-order chi connectivity index (χ1) is 16.6. The highest BCUT2D eigenvalue weighted by Gasteiger charge is 2.29. The van der Waals surface area contributed by atoms with Crippen molar-refractivity contribution in [2.24, 2.45) is 0 Å². The van der Waals surface area contributed by atoms with E-state index in [-0.39, 0.29) is 11.5 Å². The van der Waals surface area contributed by atoms with Gasteiger partial charge in [-0.2, -0.15) is 0 Å². The summed E-state index contributed by atoms with van der Waals surface area (Å²) in [7, 11) is 3.18. The van der Waals surface area contributed by atoms with Crippen LogP contribution >= 0.6 is 0 Å². The molecule has 2 heterocycles. The molecule has 1 N–H and O–H groups in total. The number of para-hydroxylation sites is 1. The maximum Gasteiger partial charge on any atom is 0.353 e. The van der Waals surface area contributed by atoms with Gasteiger partial charge in [-0.1, -0.05) is 24.3 Å². The highest BCUT2D eigenvalue weighted by atomic mass is 16.6. The predicted molar refractivity (Wildman–Crippen MR) is 131 cm³/mol. The summed E-state index contributed by atoms with van der Waals surface area (Å²) >= 11 is 0. The van der Waals surface area contributed by atoms with Gasteiger partial charge in [0, 0.05) is 38.4 Å². The van der Waals surface area contributed by atoms with Crippen molar-refractivity contribution in [3.63, 3.8) is 0 Å². The van der Waals surface area contributed by atoms with Crippen LogP contribution in [0.3, 0.4) is 0 Å². The maximum atomic E-state index is 12.0. The van der Waals surface area contributed by atoms with Gasteiger partial charge >= 0.3 is 5.69 Å². The molecule has 0 aliphatic carbocycles. The molecule has 10 nitrogen and oxygen atoms in total. The van der Waals surface area contributed by atoms with Crippen molar-refractivity contribution in [3.05, 3.63) is 70.5 Å². The van der Waals surface area contributed by atoms with Crippen molar-refractivity contribution in [1.82, 2.24) is 9.97 Å². The van der Waals surface area contributed by atoms with E-state index in [0.29, 0.717) is 43.4 Å². The van der Waals surface area contributed by atoms with E-state index in [2.05, 4.69) is 32.3 Å². The number of hydrogen-bond donors (Lipinski definition) is 1. The molecule has 0 unspecified atom stereocenters. The minimum atomic E-state index is -0.405. The van der Waals surface area contributed by atoms with Crippen LogP contribution in [-0.2, 0) is 6.42 Å². The average Bonchev–Trinajstić information content (AvgIpc) is 2.89. The Balaban J connectivity index is 1.44. The molecule has 1 fully saturated rings. The minimum absolute atomic E-state index is 0.0945. The summed E-state index contributed by atoms with van der Waals surface area (Å²) in [5, 5.41) is 15.1. The van der Waals surface area contributed by atoms with Crippen LogP contribution in [0.5, 0.6) is 11.5 Å². The van der Waals surface area contributed by atoms with E-state index in [9.17, 15) is 10.1 Å². The summed E-state index contributed by atoms with van der Waals surface area (Å²) in [4.78, 5) is 24.2. The van der Waals surface area contributed by atoms with Crippen molar-refractivity contribution in [3.8, 4) is 11.5 Å². The fraction of sp³-hybridized carbons (Fsp3) is 0.333. The van der Waals surface area contributed by atoms with E-state index in [0.717, 1.165) is 24.3 Å². The topological polar surface area (TPSA) is 106 Å². The Kier molecular flexibility index (Phi) is 7.26. The highest BCUT2D eigenvalue weighted by Crippen LogP contribution is 2.33. The van der Waals surface area contributed by atoms with E-state index in [1.807, 2.05) is 41.3 Å². The quantitative estimate of drug-likeness (QED) is 0.377. The van der Waals surface area contributed by atoms with Crippen LogP contribution in [0.1, 0.15) is 5.56 Å². The lowest BCUT2D eigenvalue weighted by molar-refractivity contribution is -0.383. The van der Waals surface area contributed by atoms with Crippen LogP contribution in [-0.4, -0.2) is 61.8 Å². The summed E-state index contributed by atoms with van der Waals surface area (Å²) in [6.45, 7) is 3.25. The van der Waals surface area contributed by atoms with Gasteiger partial charge in [0.15, 0.2) is 11.5 Å². The number of nitrogens with zero attached hydrogens (tertiary/aromatic N) is 5. The van der Waals surface area contributed by atoms with Crippen LogP contribution in [0.2, 0.25) is 0 Å². The number of aromatic nitrogens is 2. The fourth-order valence-corrected chi connectivity index (χ4v) is 4.08. The summed E-state index contributed by atoms with van der Waals surface area (Å²) in [6, 6.07) is 15.8. The first-order valence-corrected chi connectivity index (χ1v) is 11.1. The predicted octanol–water partition coefficient (Wildman–Crippen LogP) is 3.38. The van der Waals surface area contributed by atoms with Crippen LogP contribution in [0, 0.1) is 10.1 Å². The molecule has 0 bridgehead atoms. The molecule has 178 valence electrons. The monoisotopic (exact) mass is 464 g/mol. The van der Waals surface area contributed by atoms with Gasteiger partial charge in [0.2, 0.25) is 11.6 Å². The second-order valence-electron chi connectivity index (χ2n) is 7.83. The fourth-order valence-electron chi connectivity index (χ4n) is 4.08. The van der Waals surface area contributed by atoms with Gasteiger partial charge in [-0.25, -0.2) is 9.97 Å². The average molecular weight is 465 g/mol. The molecule has 4 rings (SSSR count). The Morgan fingerprint density at radius 1 is 0.971 bits per heavy atom. The third kappa shape index (κ3) is 5.11. The first-order valence-electron chi connectivity index (χ1n) is 11.1. The summed E-state index contributed by atoms with van der Waals surface area (Å²) in [5.74, 6) is 1.87. The zero-order valence-electron chi connectivity index (χ0n) is 19.3. The summed E-state index contributed by atoms with van der Waals surface area (Å²) in [6.07, 6.45) is 2.01. The molecule has 1 aromatic heterocycles. The minimum Gasteiger partial charge on any atom is -0.493 e. The van der Waals surface area contributed by atoms with E-state index >= 15 is 0 Å². The number of anilines is 3. The largest absolute Gasteiger partial charge is 0.493 e. The van der Waals surface area contributed by atoms with Gasteiger partial charge in [-0.3, -0.25) is 10.1 Å². The SMILES string of the molecule is COc1ccc(CCNc2ncnc(N3CCN(c4ccccc4)CC3)c2[N+](=O)[O-])cc1OC. The van der Waals surface area contributed by atoms with Crippen molar-refractivity contribution in [2.75, 3.05) is 62.1 Å².